The van der Waals surface area contributed by atoms with E-state index in [-0.39, 0.29) is 5.97 Å². The van der Waals surface area contributed by atoms with Gasteiger partial charge in [0.2, 0.25) is 0 Å². The van der Waals surface area contributed by atoms with Crippen LogP contribution < -0.4 is 0 Å². The number of nitrogens with zero attached hydrogens (tertiary/aromatic N) is 1. The largest absolute Gasteiger partial charge is 0.465 e. The second kappa shape index (κ2) is 6.56. The lowest BCUT2D eigenvalue weighted by molar-refractivity contribution is 0.0599. The molecule has 0 atom stereocenters. The zero-order valence-electron chi connectivity index (χ0n) is 13.5. The van der Waals surface area contributed by atoms with Gasteiger partial charge in [-0.1, -0.05) is 18.2 Å². The summed E-state index contributed by atoms with van der Waals surface area (Å²) in [6, 6.07) is 10.2. The van der Waals surface area contributed by atoms with Crippen molar-refractivity contribution in [1.82, 2.24) is 4.90 Å². The molecule has 5 heteroatoms. The molecule has 3 rings (SSSR count). The van der Waals surface area contributed by atoms with E-state index < -0.39 is 0 Å². The molecule has 23 heavy (non-hydrogen) atoms. The quantitative estimate of drug-likeness (QED) is 0.657. The van der Waals surface area contributed by atoms with Crippen LogP contribution in [0.25, 0.3) is 10.1 Å². The molecular weight excluding hydrogens is 310 g/mol. The fraction of sp³-hybridized carbons (Fsp3) is 0.278. The van der Waals surface area contributed by atoms with E-state index in [1.807, 2.05) is 7.05 Å². The Morgan fingerprint density at radius 1 is 1.30 bits per heavy atom. The van der Waals surface area contributed by atoms with E-state index in [0.717, 1.165) is 12.3 Å². The Kier molecular flexibility index (Phi) is 4.50. The number of rotatable bonds is 5. The van der Waals surface area contributed by atoms with Gasteiger partial charge in [-0.3, -0.25) is 4.90 Å². The molecule has 0 aliphatic rings. The summed E-state index contributed by atoms with van der Waals surface area (Å²) in [4.78, 5) is 13.8. The van der Waals surface area contributed by atoms with Crippen LogP contribution in [0.1, 0.15) is 27.4 Å². The summed E-state index contributed by atoms with van der Waals surface area (Å²) in [5.74, 6) is 1.01. The van der Waals surface area contributed by atoms with Gasteiger partial charge in [-0.25, -0.2) is 4.79 Å². The molecule has 1 aromatic carbocycles. The highest BCUT2D eigenvalue weighted by molar-refractivity contribution is 7.17. The lowest BCUT2D eigenvalue weighted by Crippen LogP contribution is -2.16. The fourth-order valence-corrected chi connectivity index (χ4v) is 3.66. The van der Waals surface area contributed by atoms with Crippen molar-refractivity contribution in [3.05, 3.63) is 58.4 Å². The minimum Gasteiger partial charge on any atom is -0.465 e. The van der Waals surface area contributed by atoms with E-state index >= 15 is 0 Å². The lowest BCUT2D eigenvalue weighted by Gasteiger charge is -2.14. The molecule has 0 bridgehead atoms. The summed E-state index contributed by atoms with van der Waals surface area (Å²) in [6.45, 7) is 3.25. The smallest absolute Gasteiger partial charge is 0.341 e. The van der Waals surface area contributed by atoms with Crippen LogP contribution in [-0.4, -0.2) is 25.0 Å². The van der Waals surface area contributed by atoms with Crippen LogP contribution in [0.2, 0.25) is 0 Å². The predicted octanol–water partition coefficient (Wildman–Crippen LogP) is 4.22. The first-order valence-electron chi connectivity index (χ1n) is 7.39. The Labute approximate surface area is 139 Å². The molecule has 2 heterocycles. The molecular formula is C18H19NO3S. The van der Waals surface area contributed by atoms with Gasteiger partial charge in [0.15, 0.2) is 0 Å². The minimum absolute atomic E-state index is 0.357. The Morgan fingerprint density at radius 2 is 2.09 bits per heavy atom. The lowest BCUT2D eigenvalue weighted by atomic mass is 10.1. The molecule has 2 aromatic heterocycles. The maximum absolute atomic E-state index is 11.6. The van der Waals surface area contributed by atoms with Crippen molar-refractivity contribution in [1.29, 1.82) is 0 Å². The Morgan fingerprint density at radius 3 is 2.87 bits per heavy atom. The molecule has 0 spiro atoms. The molecule has 4 nitrogen and oxygen atoms in total. The predicted molar refractivity (Wildman–Crippen MR) is 91.8 cm³/mol. The summed E-state index contributed by atoms with van der Waals surface area (Å²) < 4.78 is 11.7. The van der Waals surface area contributed by atoms with E-state index in [1.165, 1.54) is 22.8 Å². The first kappa shape index (κ1) is 15.8. The van der Waals surface area contributed by atoms with Crippen LogP contribution in [0, 0.1) is 6.92 Å². The third-order valence-electron chi connectivity index (χ3n) is 3.80. The maximum atomic E-state index is 11.6. The average molecular weight is 329 g/mol. The van der Waals surface area contributed by atoms with Crippen molar-refractivity contribution in [3.63, 3.8) is 0 Å². The van der Waals surface area contributed by atoms with Gasteiger partial charge in [-0.05, 0) is 42.4 Å². The molecule has 0 radical (unpaired) electrons. The Hall–Kier alpha value is -2.11. The van der Waals surface area contributed by atoms with Crippen LogP contribution in [0.4, 0.5) is 0 Å². The average Bonchev–Trinajstić information content (AvgIpc) is 3.10. The number of benzene rings is 1. The molecule has 0 saturated carbocycles. The van der Waals surface area contributed by atoms with Gasteiger partial charge >= 0.3 is 5.97 Å². The highest BCUT2D eigenvalue weighted by Gasteiger charge is 2.16. The molecule has 120 valence electrons. The van der Waals surface area contributed by atoms with Gasteiger partial charge in [0.05, 0.1) is 13.7 Å². The highest BCUT2D eigenvalue weighted by Crippen LogP contribution is 2.27. The summed E-state index contributed by atoms with van der Waals surface area (Å²) in [7, 11) is 3.42. The number of ether oxygens (including phenoxy) is 1. The highest BCUT2D eigenvalue weighted by atomic mass is 32.1. The maximum Gasteiger partial charge on any atom is 0.341 e. The Bertz CT molecular complexity index is 834. The molecule has 0 saturated heterocycles. The van der Waals surface area contributed by atoms with E-state index in [9.17, 15) is 4.79 Å². The first-order valence-corrected chi connectivity index (χ1v) is 8.27. The van der Waals surface area contributed by atoms with Crippen molar-refractivity contribution >= 4 is 27.4 Å². The van der Waals surface area contributed by atoms with Gasteiger partial charge in [0.25, 0.3) is 0 Å². The zero-order chi connectivity index (χ0) is 16.4. The van der Waals surface area contributed by atoms with Crippen molar-refractivity contribution in [2.24, 2.45) is 0 Å². The van der Waals surface area contributed by atoms with E-state index in [4.69, 9.17) is 9.15 Å². The summed E-state index contributed by atoms with van der Waals surface area (Å²) in [5, 5.41) is 3.50. The number of carbonyl (C=O) groups excluding carboxylic acids is 1. The second-order valence-electron chi connectivity index (χ2n) is 5.60. The topological polar surface area (TPSA) is 42.7 Å². The van der Waals surface area contributed by atoms with Gasteiger partial charge in [0.1, 0.15) is 17.1 Å². The monoisotopic (exact) mass is 329 g/mol. The molecule has 0 aliphatic carbocycles. The molecule has 0 amide bonds. The van der Waals surface area contributed by atoms with Crippen LogP contribution in [-0.2, 0) is 17.8 Å². The molecule has 0 aliphatic heterocycles. The van der Waals surface area contributed by atoms with Crippen LogP contribution in [0.15, 0.2) is 40.1 Å². The number of methoxy groups -OCH3 is 1. The second-order valence-corrected chi connectivity index (χ2v) is 6.51. The number of furan rings is 1. The van der Waals surface area contributed by atoms with Crippen molar-refractivity contribution in [2.75, 3.05) is 14.2 Å². The van der Waals surface area contributed by atoms with Crippen LogP contribution >= 0.6 is 11.3 Å². The van der Waals surface area contributed by atoms with Gasteiger partial charge < -0.3 is 9.15 Å². The number of hydrogen-bond acceptors (Lipinski definition) is 5. The number of esters is 1. The molecule has 0 unspecified atom stereocenters. The number of hydrogen-bond donors (Lipinski definition) is 0. The summed E-state index contributed by atoms with van der Waals surface area (Å²) in [5.41, 5.74) is 1.81. The third-order valence-corrected chi connectivity index (χ3v) is 4.81. The normalized spacial score (nSPS) is 11.3. The minimum atomic E-state index is -0.357. The van der Waals surface area contributed by atoms with Gasteiger partial charge in [-0.2, -0.15) is 0 Å². The van der Waals surface area contributed by atoms with Gasteiger partial charge in [0, 0.05) is 11.2 Å². The van der Waals surface area contributed by atoms with Crippen molar-refractivity contribution < 1.29 is 13.9 Å². The molecule has 3 aromatic rings. The third kappa shape index (κ3) is 3.30. The van der Waals surface area contributed by atoms with E-state index in [1.54, 1.807) is 24.3 Å². The number of aryl methyl sites for hydroxylation is 1. The standard InChI is InChI=1S/C18H19NO3S/c1-12-16(18(20)21-3)8-14(22-12)10-19(2)9-13-11-23-17-7-5-4-6-15(13)17/h4-8,11H,9-10H2,1-3H3. The molecule has 0 fully saturated rings. The van der Waals surface area contributed by atoms with Crippen LogP contribution in [0.5, 0.6) is 0 Å². The first-order chi connectivity index (χ1) is 11.1. The van der Waals surface area contributed by atoms with Gasteiger partial charge in [-0.15, -0.1) is 11.3 Å². The fourth-order valence-electron chi connectivity index (χ4n) is 2.70. The summed E-state index contributed by atoms with van der Waals surface area (Å²) in [6.07, 6.45) is 0. The van der Waals surface area contributed by atoms with Crippen molar-refractivity contribution in [2.45, 2.75) is 20.0 Å². The van der Waals surface area contributed by atoms with E-state index in [0.29, 0.717) is 17.9 Å². The summed E-state index contributed by atoms with van der Waals surface area (Å²) >= 11 is 1.76. The zero-order valence-corrected chi connectivity index (χ0v) is 14.3. The Balaban J connectivity index is 1.72. The van der Waals surface area contributed by atoms with Crippen LogP contribution in [0.3, 0.4) is 0 Å². The van der Waals surface area contributed by atoms with E-state index in [2.05, 4.69) is 34.5 Å². The number of carbonyl (C=O) groups is 1. The molecule has 0 N–H and O–H groups in total. The number of thiophene rings is 1. The SMILES string of the molecule is COC(=O)c1cc(CN(C)Cc2csc3ccccc23)oc1C. The van der Waals surface area contributed by atoms with Crippen molar-refractivity contribution in [3.8, 4) is 0 Å². The number of fused-ring (bicyclic) bond motifs is 1.